The molecule has 1 N–H and O–H groups in total. The van der Waals surface area contributed by atoms with Gasteiger partial charge in [0.25, 0.3) is 0 Å². The van der Waals surface area contributed by atoms with E-state index in [4.69, 9.17) is 0 Å². The molecular formula is C11H18OS. The first-order valence-corrected chi connectivity index (χ1v) is 5.73. The maximum atomic E-state index is 9.18. The molecule has 0 fully saturated rings. The summed E-state index contributed by atoms with van der Waals surface area (Å²) >= 11 is 1.78. The number of hydrogen-bond donors (Lipinski definition) is 1. The van der Waals surface area contributed by atoms with Gasteiger partial charge in [-0.15, -0.1) is 11.3 Å². The van der Waals surface area contributed by atoms with Gasteiger partial charge in [0.05, 0.1) is 0 Å². The highest BCUT2D eigenvalue weighted by atomic mass is 32.1. The predicted molar refractivity (Wildman–Crippen MR) is 58.1 cm³/mol. The lowest BCUT2D eigenvalue weighted by Gasteiger charge is -2.15. The zero-order valence-electron chi connectivity index (χ0n) is 8.36. The standard InChI is InChI=1S/C11H18OS/c1-9(2)6-10(8-12)7-11-4-3-5-13-11/h3-5,9-10,12H,6-8H2,1-2H3. The monoisotopic (exact) mass is 198 g/mol. The largest absolute Gasteiger partial charge is 0.396 e. The van der Waals surface area contributed by atoms with E-state index in [0.29, 0.717) is 18.4 Å². The minimum atomic E-state index is 0.316. The summed E-state index contributed by atoms with van der Waals surface area (Å²) in [6.07, 6.45) is 2.15. The Morgan fingerprint density at radius 1 is 1.46 bits per heavy atom. The van der Waals surface area contributed by atoms with Crippen molar-refractivity contribution in [1.29, 1.82) is 0 Å². The van der Waals surface area contributed by atoms with E-state index < -0.39 is 0 Å². The second-order valence-electron chi connectivity index (χ2n) is 3.96. The Hall–Kier alpha value is -0.340. The molecule has 0 saturated carbocycles. The highest BCUT2D eigenvalue weighted by Gasteiger charge is 2.10. The van der Waals surface area contributed by atoms with Crippen LogP contribution in [-0.4, -0.2) is 11.7 Å². The van der Waals surface area contributed by atoms with Crippen molar-refractivity contribution in [3.8, 4) is 0 Å². The summed E-state index contributed by atoms with van der Waals surface area (Å²) in [7, 11) is 0. The zero-order chi connectivity index (χ0) is 9.68. The van der Waals surface area contributed by atoms with Crippen molar-refractivity contribution in [3.05, 3.63) is 22.4 Å². The molecule has 1 nitrogen and oxygen atoms in total. The maximum absolute atomic E-state index is 9.18. The van der Waals surface area contributed by atoms with E-state index in [9.17, 15) is 5.11 Å². The molecule has 0 aliphatic rings. The van der Waals surface area contributed by atoms with E-state index in [-0.39, 0.29) is 0 Å². The van der Waals surface area contributed by atoms with Crippen molar-refractivity contribution in [2.45, 2.75) is 26.7 Å². The molecule has 2 heteroatoms. The molecule has 1 aromatic rings. The second kappa shape index (κ2) is 5.40. The van der Waals surface area contributed by atoms with Crippen molar-refractivity contribution in [3.63, 3.8) is 0 Å². The van der Waals surface area contributed by atoms with Crippen LogP contribution < -0.4 is 0 Å². The first-order valence-electron chi connectivity index (χ1n) is 4.85. The Bertz CT molecular complexity index is 216. The molecule has 0 bridgehead atoms. The minimum Gasteiger partial charge on any atom is -0.396 e. The number of aliphatic hydroxyl groups is 1. The summed E-state index contributed by atoms with van der Waals surface area (Å²) in [6.45, 7) is 4.73. The summed E-state index contributed by atoms with van der Waals surface area (Å²) in [4.78, 5) is 1.39. The van der Waals surface area contributed by atoms with Gasteiger partial charge in [0, 0.05) is 11.5 Å². The maximum Gasteiger partial charge on any atom is 0.0462 e. The van der Waals surface area contributed by atoms with Crippen LogP contribution in [0.3, 0.4) is 0 Å². The van der Waals surface area contributed by atoms with Crippen LogP contribution in [0.15, 0.2) is 17.5 Å². The lowest BCUT2D eigenvalue weighted by atomic mass is 9.94. The van der Waals surface area contributed by atoms with Crippen LogP contribution in [0.5, 0.6) is 0 Å². The van der Waals surface area contributed by atoms with Gasteiger partial charge in [-0.05, 0) is 36.1 Å². The van der Waals surface area contributed by atoms with Gasteiger partial charge in [0.15, 0.2) is 0 Å². The molecule has 74 valence electrons. The predicted octanol–water partition coefficient (Wildman–Crippen LogP) is 2.95. The smallest absolute Gasteiger partial charge is 0.0462 e. The van der Waals surface area contributed by atoms with E-state index in [1.807, 2.05) is 0 Å². The van der Waals surface area contributed by atoms with Crippen LogP contribution in [-0.2, 0) is 6.42 Å². The number of thiophene rings is 1. The Morgan fingerprint density at radius 2 is 2.23 bits per heavy atom. The fourth-order valence-corrected chi connectivity index (χ4v) is 2.42. The molecule has 0 aliphatic carbocycles. The van der Waals surface area contributed by atoms with Crippen LogP contribution in [0.4, 0.5) is 0 Å². The van der Waals surface area contributed by atoms with Gasteiger partial charge >= 0.3 is 0 Å². The van der Waals surface area contributed by atoms with Crippen LogP contribution in [0.2, 0.25) is 0 Å². The van der Waals surface area contributed by atoms with Gasteiger partial charge < -0.3 is 5.11 Å². The van der Waals surface area contributed by atoms with Gasteiger partial charge in [-0.3, -0.25) is 0 Å². The third-order valence-corrected chi connectivity index (χ3v) is 3.03. The van der Waals surface area contributed by atoms with Gasteiger partial charge in [0.1, 0.15) is 0 Å². The topological polar surface area (TPSA) is 20.2 Å². The van der Waals surface area contributed by atoms with Crippen LogP contribution in [0.25, 0.3) is 0 Å². The Morgan fingerprint density at radius 3 is 2.69 bits per heavy atom. The molecule has 13 heavy (non-hydrogen) atoms. The first kappa shape index (κ1) is 10.7. The van der Waals surface area contributed by atoms with Gasteiger partial charge in [-0.2, -0.15) is 0 Å². The quantitative estimate of drug-likeness (QED) is 0.771. The summed E-state index contributed by atoms with van der Waals surface area (Å²) < 4.78 is 0. The lowest BCUT2D eigenvalue weighted by molar-refractivity contribution is 0.206. The average molecular weight is 198 g/mol. The molecule has 1 atom stereocenters. The molecule has 1 aromatic heterocycles. The van der Waals surface area contributed by atoms with E-state index in [2.05, 4.69) is 31.4 Å². The summed E-state index contributed by atoms with van der Waals surface area (Å²) in [5.41, 5.74) is 0. The van der Waals surface area contributed by atoms with Crippen molar-refractivity contribution in [2.75, 3.05) is 6.61 Å². The molecule has 0 saturated heterocycles. The molecule has 0 spiro atoms. The molecule has 1 unspecified atom stereocenters. The zero-order valence-corrected chi connectivity index (χ0v) is 9.18. The van der Waals surface area contributed by atoms with Crippen LogP contribution in [0.1, 0.15) is 25.1 Å². The number of aliphatic hydroxyl groups excluding tert-OH is 1. The Labute approximate surface area is 84.4 Å². The van der Waals surface area contributed by atoms with Gasteiger partial charge in [-0.25, -0.2) is 0 Å². The second-order valence-corrected chi connectivity index (χ2v) is 4.99. The SMILES string of the molecule is CC(C)CC(CO)Cc1cccs1. The molecule has 1 heterocycles. The summed E-state index contributed by atoms with van der Waals surface area (Å²) in [5, 5.41) is 11.3. The summed E-state index contributed by atoms with van der Waals surface area (Å²) in [6, 6.07) is 4.22. The van der Waals surface area contributed by atoms with Crippen molar-refractivity contribution in [2.24, 2.45) is 11.8 Å². The van der Waals surface area contributed by atoms with Crippen molar-refractivity contribution < 1.29 is 5.11 Å². The highest BCUT2D eigenvalue weighted by Crippen LogP contribution is 2.19. The van der Waals surface area contributed by atoms with Crippen molar-refractivity contribution in [1.82, 2.24) is 0 Å². The average Bonchev–Trinajstić information content (AvgIpc) is 2.55. The number of rotatable bonds is 5. The molecule has 0 radical (unpaired) electrons. The van der Waals surface area contributed by atoms with E-state index in [0.717, 1.165) is 12.8 Å². The first-order chi connectivity index (χ1) is 6.22. The van der Waals surface area contributed by atoms with E-state index in [1.165, 1.54) is 4.88 Å². The molecular weight excluding hydrogens is 180 g/mol. The van der Waals surface area contributed by atoms with E-state index >= 15 is 0 Å². The molecule has 0 aliphatic heterocycles. The normalized spacial score (nSPS) is 13.5. The number of hydrogen-bond acceptors (Lipinski definition) is 2. The third kappa shape index (κ3) is 3.92. The summed E-state index contributed by atoms with van der Waals surface area (Å²) in [5.74, 6) is 1.12. The third-order valence-electron chi connectivity index (χ3n) is 2.13. The van der Waals surface area contributed by atoms with E-state index in [1.54, 1.807) is 11.3 Å². The van der Waals surface area contributed by atoms with Crippen molar-refractivity contribution >= 4 is 11.3 Å². The van der Waals surface area contributed by atoms with Crippen LogP contribution in [0, 0.1) is 11.8 Å². The van der Waals surface area contributed by atoms with Gasteiger partial charge in [-0.1, -0.05) is 19.9 Å². The fourth-order valence-electron chi connectivity index (χ4n) is 1.60. The highest BCUT2D eigenvalue weighted by molar-refractivity contribution is 7.09. The molecule has 0 amide bonds. The molecule has 0 aromatic carbocycles. The minimum absolute atomic E-state index is 0.316. The Kier molecular flexibility index (Phi) is 4.46. The fraction of sp³-hybridized carbons (Fsp3) is 0.636. The molecule has 1 rings (SSSR count). The van der Waals surface area contributed by atoms with Crippen LogP contribution >= 0.6 is 11.3 Å². The van der Waals surface area contributed by atoms with Gasteiger partial charge in [0.2, 0.25) is 0 Å². The lowest BCUT2D eigenvalue weighted by Crippen LogP contribution is -2.11. The Balaban J connectivity index is 2.40.